The van der Waals surface area contributed by atoms with Crippen molar-refractivity contribution < 1.29 is 0 Å². The summed E-state index contributed by atoms with van der Waals surface area (Å²) in [4.78, 5) is 5.84. The number of halogens is 1. The van der Waals surface area contributed by atoms with E-state index in [1.165, 1.54) is 16.0 Å². The molecule has 2 aromatic heterocycles. The van der Waals surface area contributed by atoms with Crippen molar-refractivity contribution in [3.05, 3.63) is 49.9 Å². The highest BCUT2D eigenvalue weighted by atomic mass is 35.5. The van der Waals surface area contributed by atoms with Crippen LogP contribution in [0.3, 0.4) is 0 Å². The lowest BCUT2D eigenvalue weighted by atomic mass is 9.99. The maximum Gasteiger partial charge on any atom is 0.0931 e. The number of aryl methyl sites for hydroxylation is 3. The molecule has 108 valence electrons. The second kappa shape index (κ2) is 6.25. The van der Waals surface area contributed by atoms with E-state index in [0.29, 0.717) is 0 Å². The zero-order valence-corrected chi connectivity index (χ0v) is 14.2. The molecule has 2 unspecified atom stereocenters. The smallest absolute Gasteiger partial charge is 0.0931 e. The number of rotatable bonds is 4. The molecule has 0 saturated carbocycles. The zero-order valence-electron chi connectivity index (χ0n) is 12.6. The van der Waals surface area contributed by atoms with E-state index in [-0.39, 0.29) is 12.1 Å². The molecule has 0 radical (unpaired) electrons. The Bertz CT molecular complexity index is 583. The van der Waals surface area contributed by atoms with Crippen molar-refractivity contribution in [2.75, 3.05) is 0 Å². The normalized spacial score (nSPS) is 14.3. The van der Waals surface area contributed by atoms with Gasteiger partial charge in [-0.1, -0.05) is 11.6 Å². The van der Waals surface area contributed by atoms with Crippen LogP contribution in [-0.2, 0) is 0 Å². The molecule has 0 amide bonds. The number of thiophene rings is 1. The van der Waals surface area contributed by atoms with Gasteiger partial charge in [-0.05, 0) is 63.9 Å². The molecule has 0 aliphatic heterocycles. The summed E-state index contributed by atoms with van der Waals surface area (Å²) in [6.07, 6.45) is 0. The average Bonchev–Trinajstić information content (AvgIpc) is 2.74. The molecule has 4 heteroatoms. The van der Waals surface area contributed by atoms with Gasteiger partial charge in [-0.15, -0.1) is 11.3 Å². The molecule has 0 spiro atoms. The third-order valence-electron chi connectivity index (χ3n) is 3.54. The number of nitrogens with one attached hydrogen (secondary N) is 1. The highest BCUT2D eigenvalue weighted by Gasteiger charge is 2.17. The molecule has 0 saturated heterocycles. The Morgan fingerprint density at radius 2 is 1.85 bits per heavy atom. The predicted octanol–water partition coefficient (Wildman–Crippen LogP) is 5.13. The average molecular weight is 309 g/mol. The molecular weight excluding hydrogens is 288 g/mol. The van der Waals surface area contributed by atoms with Crippen LogP contribution in [0.15, 0.2) is 18.2 Å². The topological polar surface area (TPSA) is 24.9 Å². The van der Waals surface area contributed by atoms with E-state index in [2.05, 4.69) is 50.1 Å². The lowest BCUT2D eigenvalue weighted by molar-refractivity contribution is 0.495. The predicted molar refractivity (Wildman–Crippen MR) is 87.7 cm³/mol. The molecule has 0 aromatic carbocycles. The highest BCUT2D eigenvalue weighted by molar-refractivity contribution is 7.16. The van der Waals surface area contributed by atoms with Gasteiger partial charge in [0.25, 0.3) is 0 Å². The second-order valence-electron chi connectivity index (χ2n) is 5.33. The molecule has 0 fully saturated rings. The van der Waals surface area contributed by atoms with Gasteiger partial charge in [-0.2, -0.15) is 0 Å². The SMILES string of the molecule is Cc1cc(C)c(C(C)NC(C)c2ccc(Cl)s2)c(C)n1. The van der Waals surface area contributed by atoms with Crippen molar-refractivity contribution in [1.82, 2.24) is 10.3 Å². The Labute approximate surface area is 130 Å². The molecule has 0 aliphatic carbocycles. The first-order valence-corrected chi connectivity index (χ1v) is 8.04. The first-order chi connectivity index (χ1) is 9.38. The third-order valence-corrected chi connectivity index (χ3v) is 4.95. The van der Waals surface area contributed by atoms with Crippen molar-refractivity contribution in [2.24, 2.45) is 0 Å². The Hall–Kier alpha value is -0.900. The van der Waals surface area contributed by atoms with E-state index in [0.717, 1.165) is 15.7 Å². The van der Waals surface area contributed by atoms with E-state index in [1.807, 2.05) is 13.0 Å². The zero-order chi connectivity index (χ0) is 14.9. The van der Waals surface area contributed by atoms with E-state index < -0.39 is 0 Å². The van der Waals surface area contributed by atoms with Gasteiger partial charge in [-0.25, -0.2) is 0 Å². The number of pyridine rings is 1. The summed E-state index contributed by atoms with van der Waals surface area (Å²) < 4.78 is 0.839. The Morgan fingerprint density at radius 3 is 2.40 bits per heavy atom. The lowest BCUT2D eigenvalue weighted by Gasteiger charge is -2.22. The Morgan fingerprint density at radius 1 is 1.15 bits per heavy atom. The van der Waals surface area contributed by atoms with E-state index >= 15 is 0 Å². The van der Waals surface area contributed by atoms with Gasteiger partial charge in [0.2, 0.25) is 0 Å². The van der Waals surface area contributed by atoms with Crippen LogP contribution in [0.25, 0.3) is 0 Å². The van der Waals surface area contributed by atoms with E-state index in [9.17, 15) is 0 Å². The summed E-state index contributed by atoms with van der Waals surface area (Å²) in [6, 6.07) is 6.73. The van der Waals surface area contributed by atoms with Crippen LogP contribution in [0.2, 0.25) is 4.34 Å². The maximum atomic E-state index is 6.01. The van der Waals surface area contributed by atoms with Crippen molar-refractivity contribution in [3.8, 4) is 0 Å². The van der Waals surface area contributed by atoms with Crippen LogP contribution in [0.4, 0.5) is 0 Å². The summed E-state index contributed by atoms with van der Waals surface area (Å²) in [7, 11) is 0. The molecule has 2 atom stereocenters. The van der Waals surface area contributed by atoms with Crippen LogP contribution in [0.5, 0.6) is 0 Å². The van der Waals surface area contributed by atoms with Crippen LogP contribution < -0.4 is 5.32 Å². The van der Waals surface area contributed by atoms with Crippen molar-refractivity contribution >= 4 is 22.9 Å². The van der Waals surface area contributed by atoms with Gasteiger partial charge in [0.15, 0.2) is 0 Å². The molecule has 0 bridgehead atoms. The Balaban J connectivity index is 2.18. The van der Waals surface area contributed by atoms with Gasteiger partial charge in [0, 0.05) is 28.3 Å². The molecule has 2 nitrogen and oxygen atoms in total. The minimum atomic E-state index is 0.263. The lowest BCUT2D eigenvalue weighted by Crippen LogP contribution is -2.23. The molecule has 2 rings (SSSR count). The van der Waals surface area contributed by atoms with Gasteiger partial charge >= 0.3 is 0 Å². The second-order valence-corrected chi connectivity index (χ2v) is 7.08. The van der Waals surface area contributed by atoms with Gasteiger partial charge in [0.1, 0.15) is 0 Å². The van der Waals surface area contributed by atoms with E-state index in [1.54, 1.807) is 11.3 Å². The summed E-state index contributed by atoms with van der Waals surface area (Å²) in [5.74, 6) is 0. The first-order valence-electron chi connectivity index (χ1n) is 6.84. The number of nitrogens with zero attached hydrogens (tertiary/aromatic N) is 1. The van der Waals surface area contributed by atoms with Gasteiger partial charge in [0.05, 0.1) is 4.34 Å². The van der Waals surface area contributed by atoms with Crippen molar-refractivity contribution in [3.63, 3.8) is 0 Å². The minimum Gasteiger partial charge on any atom is -0.303 e. The number of aromatic nitrogens is 1. The molecule has 20 heavy (non-hydrogen) atoms. The fourth-order valence-electron chi connectivity index (χ4n) is 2.79. The van der Waals surface area contributed by atoms with Crippen LogP contribution in [0, 0.1) is 20.8 Å². The summed E-state index contributed by atoms with van der Waals surface area (Å²) in [5.41, 5.74) is 4.78. The highest BCUT2D eigenvalue weighted by Crippen LogP contribution is 2.29. The molecule has 1 N–H and O–H groups in total. The van der Waals surface area contributed by atoms with Gasteiger partial charge in [-0.3, -0.25) is 4.98 Å². The summed E-state index contributed by atoms with van der Waals surface area (Å²) in [5, 5.41) is 3.64. The molecule has 2 heterocycles. The quantitative estimate of drug-likeness (QED) is 0.846. The minimum absolute atomic E-state index is 0.263. The van der Waals surface area contributed by atoms with E-state index in [4.69, 9.17) is 11.6 Å². The maximum absolute atomic E-state index is 6.01. The number of hydrogen-bond acceptors (Lipinski definition) is 3. The standard InChI is InChI=1S/C16H21ClN2S/c1-9-8-10(2)18-12(4)16(9)13(5)19-11(3)14-6-7-15(17)20-14/h6-8,11,13,19H,1-5H3. The van der Waals surface area contributed by atoms with Crippen LogP contribution >= 0.6 is 22.9 Å². The molecular formula is C16H21ClN2S. The van der Waals surface area contributed by atoms with Crippen LogP contribution in [-0.4, -0.2) is 4.98 Å². The van der Waals surface area contributed by atoms with Crippen molar-refractivity contribution in [2.45, 2.75) is 46.7 Å². The first kappa shape index (κ1) is 15.5. The summed E-state index contributed by atoms with van der Waals surface area (Å²) >= 11 is 7.64. The number of hydrogen-bond donors (Lipinski definition) is 1. The van der Waals surface area contributed by atoms with Crippen molar-refractivity contribution in [1.29, 1.82) is 0 Å². The third kappa shape index (κ3) is 3.40. The van der Waals surface area contributed by atoms with Crippen LogP contribution in [0.1, 0.15) is 53.3 Å². The monoisotopic (exact) mass is 308 g/mol. The largest absolute Gasteiger partial charge is 0.303 e. The summed E-state index contributed by atoms with van der Waals surface area (Å²) in [6.45, 7) is 10.6. The Kier molecular flexibility index (Phi) is 4.84. The molecule has 0 aliphatic rings. The van der Waals surface area contributed by atoms with Gasteiger partial charge < -0.3 is 5.32 Å². The molecule has 2 aromatic rings. The fourth-order valence-corrected chi connectivity index (χ4v) is 3.86. The fraction of sp³-hybridized carbons (Fsp3) is 0.438.